The molecular formula is C9H17NO2. The number of rotatable bonds is 4. The molecule has 70 valence electrons. The topological polar surface area (TPSA) is 38.3 Å². The predicted molar refractivity (Wildman–Crippen MR) is 48.6 cm³/mol. The molecule has 3 heteroatoms. The Morgan fingerprint density at radius 2 is 2.08 bits per heavy atom. The van der Waals surface area contributed by atoms with Crippen LogP contribution in [0, 0.1) is 5.41 Å². The van der Waals surface area contributed by atoms with Gasteiger partial charge in [0.2, 0.25) is 0 Å². The summed E-state index contributed by atoms with van der Waals surface area (Å²) < 4.78 is 4.81. The van der Waals surface area contributed by atoms with Crippen molar-refractivity contribution in [3.05, 3.63) is 12.5 Å². The Balaban J connectivity index is 4.19. The number of ether oxygens (including phenoxy) is 1. The SMILES string of the molecule is C=C(NC(C=O)C(C)(C)C)OC. The maximum absolute atomic E-state index is 10.6. The molecule has 0 amide bonds. The number of carbonyl (C=O) groups is 1. The monoisotopic (exact) mass is 171 g/mol. The molecule has 1 unspecified atom stereocenters. The van der Waals surface area contributed by atoms with Gasteiger partial charge in [-0.3, -0.25) is 0 Å². The van der Waals surface area contributed by atoms with E-state index in [0.29, 0.717) is 5.88 Å². The van der Waals surface area contributed by atoms with E-state index in [0.717, 1.165) is 6.29 Å². The largest absolute Gasteiger partial charge is 0.483 e. The van der Waals surface area contributed by atoms with Gasteiger partial charge in [0.25, 0.3) is 0 Å². The summed E-state index contributed by atoms with van der Waals surface area (Å²) in [5.41, 5.74) is -0.122. The average Bonchev–Trinajstić information content (AvgIpc) is 1.97. The Morgan fingerprint density at radius 3 is 2.33 bits per heavy atom. The van der Waals surface area contributed by atoms with Crippen molar-refractivity contribution in [1.29, 1.82) is 0 Å². The molecule has 1 atom stereocenters. The molecule has 0 aromatic carbocycles. The zero-order valence-corrected chi connectivity index (χ0v) is 8.18. The molecule has 0 heterocycles. The molecule has 0 saturated heterocycles. The molecule has 0 aliphatic carbocycles. The molecule has 0 saturated carbocycles. The van der Waals surface area contributed by atoms with Crippen LogP contribution in [-0.4, -0.2) is 19.4 Å². The Morgan fingerprint density at radius 1 is 1.58 bits per heavy atom. The fourth-order valence-electron chi connectivity index (χ4n) is 0.687. The highest BCUT2D eigenvalue weighted by molar-refractivity contribution is 5.59. The van der Waals surface area contributed by atoms with Crippen LogP contribution in [0.5, 0.6) is 0 Å². The zero-order chi connectivity index (χ0) is 9.78. The van der Waals surface area contributed by atoms with Crippen LogP contribution in [0.4, 0.5) is 0 Å². The van der Waals surface area contributed by atoms with E-state index in [1.807, 2.05) is 20.8 Å². The second kappa shape index (κ2) is 4.14. The smallest absolute Gasteiger partial charge is 0.179 e. The van der Waals surface area contributed by atoms with Crippen LogP contribution >= 0.6 is 0 Å². The van der Waals surface area contributed by atoms with Crippen LogP contribution in [-0.2, 0) is 9.53 Å². The fourth-order valence-corrected chi connectivity index (χ4v) is 0.687. The molecule has 0 aromatic heterocycles. The van der Waals surface area contributed by atoms with Gasteiger partial charge in [-0.25, -0.2) is 0 Å². The summed E-state index contributed by atoms with van der Waals surface area (Å²) in [6.07, 6.45) is 0.865. The van der Waals surface area contributed by atoms with Crippen LogP contribution in [0.1, 0.15) is 20.8 Å². The maximum Gasteiger partial charge on any atom is 0.179 e. The Hall–Kier alpha value is -0.990. The van der Waals surface area contributed by atoms with Gasteiger partial charge < -0.3 is 14.8 Å². The lowest BCUT2D eigenvalue weighted by molar-refractivity contribution is -0.111. The van der Waals surface area contributed by atoms with E-state index in [2.05, 4.69) is 11.9 Å². The van der Waals surface area contributed by atoms with Crippen molar-refractivity contribution in [3.8, 4) is 0 Å². The van der Waals surface area contributed by atoms with Crippen molar-refractivity contribution in [2.24, 2.45) is 5.41 Å². The summed E-state index contributed by atoms with van der Waals surface area (Å²) in [4.78, 5) is 10.6. The summed E-state index contributed by atoms with van der Waals surface area (Å²) in [6, 6.07) is -0.259. The van der Waals surface area contributed by atoms with Crippen LogP contribution in [0.15, 0.2) is 12.5 Å². The van der Waals surface area contributed by atoms with Gasteiger partial charge in [0.05, 0.1) is 13.2 Å². The van der Waals surface area contributed by atoms with Crippen molar-refractivity contribution in [2.45, 2.75) is 26.8 Å². The second-order valence-corrected chi connectivity index (χ2v) is 3.75. The highest BCUT2D eigenvalue weighted by Gasteiger charge is 2.24. The van der Waals surface area contributed by atoms with E-state index in [-0.39, 0.29) is 11.5 Å². The van der Waals surface area contributed by atoms with Crippen LogP contribution in [0.2, 0.25) is 0 Å². The van der Waals surface area contributed by atoms with E-state index >= 15 is 0 Å². The molecule has 3 nitrogen and oxygen atoms in total. The van der Waals surface area contributed by atoms with E-state index in [1.54, 1.807) is 0 Å². The predicted octanol–water partition coefficient (Wildman–Crippen LogP) is 1.31. The van der Waals surface area contributed by atoms with Gasteiger partial charge in [0.15, 0.2) is 5.88 Å². The first-order chi connectivity index (χ1) is 5.41. The Kier molecular flexibility index (Phi) is 3.80. The first kappa shape index (κ1) is 11.0. The summed E-state index contributed by atoms with van der Waals surface area (Å²) in [6.45, 7) is 9.50. The molecule has 12 heavy (non-hydrogen) atoms. The zero-order valence-electron chi connectivity index (χ0n) is 8.18. The molecule has 0 aliphatic heterocycles. The highest BCUT2D eigenvalue weighted by atomic mass is 16.5. The molecule has 0 aromatic rings. The minimum Gasteiger partial charge on any atom is -0.483 e. The molecule has 1 N–H and O–H groups in total. The quantitative estimate of drug-likeness (QED) is 0.512. The lowest BCUT2D eigenvalue weighted by Crippen LogP contribution is -2.41. The molecule has 0 aliphatic rings. The lowest BCUT2D eigenvalue weighted by Gasteiger charge is -2.27. The van der Waals surface area contributed by atoms with Crippen LogP contribution in [0.3, 0.4) is 0 Å². The van der Waals surface area contributed by atoms with E-state index < -0.39 is 0 Å². The van der Waals surface area contributed by atoms with Crippen molar-refractivity contribution in [1.82, 2.24) is 5.32 Å². The molecular weight excluding hydrogens is 154 g/mol. The van der Waals surface area contributed by atoms with Gasteiger partial charge in [-0.05, 0) is 12.0 Å². The van der Waals surface area contributed by atoms with Gasteiger partial charge in [0.1, 0.15) is 6.29 Å². The first-order valence-corrected chi connectivity index (χ1v) is 3.86. The number of hydrogen-bond donors (Lipinski definition) is 1. The van der Waals surface area contributed by atoms with Gasteiger partial charge in [-0.15, -0.1) is 0 Å². The first-order valence-electron chi connectivity index (χ1n) is 3.86. The average molecular weight is 171 g/mol. The van der Waals surface area contributed by atoms with Crippen LogP contribution in [0.25, 0.3) is 0 Å². The Labute approximate surface area is 73.8 Å². The third-order valence-corrected chi connectivity index (χ3v) is 1.63. The highest BCUT2D eigenvalue weighted by Crippen LogP contribution is 2.18. The van der Waals surface area contributed by atoms with E-state index in [9.17, 15) is 4.79 Å². The molecule has 0 radical (unpaired) electrons. The third kappa shape index (κ3) is 3.42. The van der Waals surface area contributed by atoms with Gasteiger partial charge in [0, 0.05) is 0 Å². The van der Waals surface area contributed by atoms with Crippen molar-refractivity contribution in [2.75, 3.05) is 7.11 Å². The number of aldehydes is 1. The molecule has 0 spiro atoms. The Bertz CT molecular complexity index is 170. The number of carbonyl (C=O) groups excluding carboxylic acids is 1. The summed E-state index contributed by atoms with van der Waals surface area (Å²) in [5, 5.41) is 2.87. The molecule has 0 rings (SSSR count). The van der Waals surface area contributed by atoms with Gasteiger partial charge in [-0.2, -0.15) is 0 Å². The third-order valence-electron chi connectivity index (χ3n) is 1.63. The van der Waals surface area contributed by atoms with Crippen molar-refractivity contribution in [3.63, 3.8) is 0 Å². The molecule has 0 fully saturated rings. The fraction of sp³-hybridized carbons (Fsp3) is 0.667. The standard InChI is InChI=1S/C9H17NO2/c1-7(12-5)10-8(6-11)9(2,3)4/h6,8,10H,1H2,2-5H3. The maximum atomic E-state index is 10.6. The summed E-state index contributed by atoms with van der Waals surface area (Å²) in [5.74, 6) is 0.419. The second-order valence-electron chi connectivity index (χ2n) is 3.75. The van der Waals surface area contributed by atoms with Gasteiger partial charge >= 0.3 is 0 Å². The van der Waals surface area contributed by atoms with Crippen LogP contribution < -0.4 is 5.32 Å². The normalized spacial score (nSPS) is 13.3. The van der Waals surface area contributed by atoms with Gasteiger partial charge in [-0.1, -0.05) is 20.8 Å². The number of hydrogen-bond acceptors (Lipinski definition) is 3. The minimum absolute atomic E-state index is 0.122. The van der Waals surface area contributed by atoms with Crippen molar-refractivity contribution >= 4 is 6.29 Å². The van der Waals surface area contributed by atoms with E-state index in [4.69, 9.17) is 4.74 Å². The van der Waals surface area contributed by atoms with E-state index in [1.165, 1.54) is 7.11 Å². The minimum atomic E-state index is -0.259. The number of methoxy groups -OCH3 is 1. The summed E-state index contributed by atoms with van der Waals surface area (Å²) in [7, 11) is 1.51. The lowest BCUT2D eigenvalue weighted by atomic mass is 9.88. The van der Waals surface area contributed by atoms with Crippen molar-refractivity contribution < 1.29 is 9.53 Å². The summed E-state index contributed by atoms with van der Waals surface area (Å²) >= 11 is 0. The number of nitrogens with one attached hydrogen (secondary N) is 1. The molecule has 0 bridgehead atoms.